The van der Waals surface area contributed by atoms with Crippen LogP contribution in [-0.2, 0) is 35.3 Å². The van der Waals surface area contributed by atoms with Gasteiger partial charge in [-0.25, -0.2) is 4.79 Å². The number of H-pyrrole nitrogens is 1. The van der Waals surface area contributed by atoms with Gasteiger partial charge in [-0.3, -0.25) is 9.89 Å². The summed E-state index contributed by atoms with van der Waals surface area (Å²) in [5, 5.41) is 7.37. The zero-order chi connectivity index (χ0) is 18.3. The van der Waals surface area contributed by atoms with E-state index < -0.39 is 0 Å². The largest absolute Gasteiger partial charge is 0.465 e. The molecule has 1 amide bonds. The molecule has 1 atom stereocenters. The molecular formula is C20H23N3O3. The molecule has 1 aromatic heterocycles. The lowest BCUT2D eigenvalue weighted by molar-refractivity contribution is -0.136. The van der Waals surface area contributed by atoms with Crippen LogP contribution in [0.5, 0.6) is 0 Å². The Morgan fingerprint density at radius 1 is 1.27 bits per heavy atom. The number of rotatable bonds is 2. The van der Waals surface area contributed by atoms with Crippen LogP contribution in [0.4, 0.5) is 0 Å². The van der Waals surface area contributed by atoms with Gasteiger partial charge in [0.25, 0.3) is 0 Å². The Morgan fingerprint density at radius 3 is 2.92 bits per heavy atom. The molecule has 0 saturated heterocycles. The van der Waals surface area contributed by atoms with Gasteiger partial charge in [0.2, 0.25) is 5.91 Å². The topological polar surface area (TPSA) is 75.3 Å². The van der Waals surface area contributed by atoms with E-state index >= 15 is 0 Å². The first kappa shape index (κ1) is 16.8. The summed E-state index contributed by atoms with van der Waals surface area (Å²) in [6, 6.07) is 5.64. The Balaban J connectivity index is 1.51. The number of methoxy groups -OCH3 is 1. The van der Waals surface area contributed by atoms with E-state index in [4.69, 9.17) is 4.74 Å². The van der Waals surface area contributed by atoms with E-state index in [-0.39, 0.29) is 17.8 Å². The molecule has 1 aromatic carbocycles. The number of fused-ring (bicyclic) bond motifs is 2. The molecule has 1 aliphatic heterocycles. The third-order valence-electron chi connectivity index (χ3n) is 5.64. The number of benzene rings is 1. The van der Waals surface area contributed by atoms with Crippen molar-refractivity contribution in [3.05, 3.63) is 51.8 Å². The van der Waals surface area contributed by atoms with Crippen LogP contribution in [0.1, 0.15) is 44.9 Å². The molecule has 2 aliphatic rings. The number of aromatic amines is 1. The molecule has 0 saturated carbocycles. The highest BCUT2D eigenvalue weighted by atomic mass is 16.5. The Labute approximate surface area is 152 Å². The number of carbonyl (C=O) groups is 2. The van der Waals surface area contributed by atoms with Crippen LogP contribution in [0, 0.1) is 12.8 Å². The lowest BCUT2D eigenvalue weighted by atomic mass is 9.85. The molecule has 1 aliphatic carbocycles. The van der Waals surface area contributed by atoms with Gasteiger partial charge in [0.05, 0.1) is 18.4 Å². The van der Waals surface area contributed by atoms with Crippen LogP contribution in [0.25, 0.3) is 0 Å². The second-order valence-corrected chi connectivity index (χ2v) is 7.20. The van der Waals surface area contributed by atoms with E-state index in [0.29, 0.717) is 12.1 Å². The maximum atomic E-state index is 13.1. The van der Waals surface area contributed by atoms with Gasteiger partial charge in [0.15, 0.2) is 0 Å². The number of amides is 1. The predicted octanol–water partition coefficient (Wildman–Crippen LogP) is 2.19. The van der Waals surface area contributed by atoms with Gasteiger partial charge in [-0.05, 0) is 61.4 Å². The number of hydrogen-bond donors (Lipinski definition) is 1. The van der Waals surface area contributed by atoms with E-state index in [0.717, 1.165) is 49.2 Å². The number of aryl methyl sites for hydroxylation is 2. The minimum Gasteiger partial charge on any atom is -0.465 e. The summed E-state index contributed by atoms with van der Waals surface area (Å²) >= 11 is 0. The Hall–Kier alpha value is -2.63. The zero-order valence-corrected chi connectivity index (χ0v) is 15.2. The molecule has 2 heterocycles. The van der Waals surface area contributed by atoms with Crippen LogP contribution < -0.4 is 0 Å². The third kappa shape index (κ3) is 2.89. The maximum absolute atomic E-state index is 13.1. The van der Waals surface area contributed by atoms with Crippen LogP contribution in [0.3, 0.4) is 0 Å². The van der Waals surface area contributed by atoms with Crippen LogP contribution >= 0.6 is 0 Å². The fourth-order valence-electron chi connectivity index (χ4n) is 4.10. The molecule has 136 valence electrons. The zero-order valence-electron chi connectivity index (χ0n) is 15.2. The monoisotopic (exact) mass is 353 g/mol. The van der Waals surface area contributed by atoms with Crippen molar-refractivity contribution >= 4 is 11.9 Å². The molecule has 6 nitrogen and oxygen atoms in total. The summed E-state index contributed by atoms with van der Waals surface area (Å²) in [4.78, 5) is 26.8. The Morgan fingerprint density at radius 2 is 2.12 bits per heavy atom. The Bertz CT molecular complexity index is 871. The predicted molar refractivity (Wildman–Crippen MR) is 95.7 cm³/mol. The molecule has 1 N–H and O–H groups in total. The molecule has 0 radical (unpaired) electrons. The van der Waals surface area contributed by atoms with Crippen molar-refractivity contribution in [2.45, 2.75) is 39.2 Å². The average molecular weight is 353 g/mol. The molecule has 4 rings (SSSR count). The second-order valence-electron chi connectivity index (χ2n) is 7.20. The molecular weight excluding hydrogens is 330 g/mol. The molecule has 1 unspecified atom stereocenters. The van der Waals surface area contributed by atoms with E-state index in [1.54, 1.807) is 6.07 Å². The average Bonchev–Trinajstić information content (AvgIpc) is 3.06. The SMILES string of the molecule is COC(=O)c1ccc2c(c1)CN(C(=O)C1CCc3n[nH]c(C)c3C1)CC2. The third-order valence-corrected chi connectivity index (χ3v) is 5.64. The van der Waals surface area contributed by atoms with E-state index in [9.17, 15) is 9.59 Å². The van der Waals surface area contributed by atoms with E-state index in [1.165, 1.54) is 18.2 Å². The van der Waals surface area contributed by atoms with Crippen LogP contribution in [0.15, 0.2) is 18.2 Å². The van der Waals surface area contributed by atoms with Crippen molar-refractivity contribution < 1.29 is 14.3 Å². The quantitative estimate of drug-likeness (QED) is 0.840. The summed E-state index contributed by atoms with van der Waals surface area (Å²) in [6.07, 6.45) is 3.29. The highest BCUT2D eigenvalue weighted by Crippen LogP contribution is 2.29. The Kier molecular flexibility index (Phi) is 4.26. The van der Waals surface area contributed by atoms with Gasteiger partial charge in [-0.15, -0.1) is 0 Å². The first-order valence-corrected chi connectivity index (χ1v) is 9.08. The van der Waals surface area contributed by atoms with E-state index in [1.807, 2.05) is 24.0 Å². The number of carbonyl (C=O) groups excluding carboxylic acids is 2. The van der Waals surface area contributed by atoms with Crippen molar-refractivity contribution in [3.8, 4) is 0 Å². The first-order chi connectivity index (χ1) is 12.6. The minimum atomic E-state index is -0.341. The van der Waals surface area contributed by atoms with Crippen molar-refractivity contribution in [2.75, 3.05) is 13.7 Å². The second kappa shape index (κ2) is 6.59. The van der Waals surface area contributed by atoms with Crippen molar-refractivity contribution in [2.24, 2.45) is 5.92 Å². The van der Waals surface area contributed by atoms with Gasteiger partial charge >= 0.3 is 5.97 Å². The van der Waals surface area contributed by atoms with Gasteiger partial charge in [0, 0.05) is 24.7 Å². The number of ether oxygens (including phenoxy) is 1. The molecule has 0 spiro atoms. The van der Waals surface area contributed by atoms with Crippen LogP contribution in [-0.4, -0.2) is 40.6 Å². The number of esters is 1. The highest BCUT2D eigenvalue weighted by molar-refractivity contribution is 5.89. The first-order valence-electron chi connectivity index (χ1n) is 9.08. The van der Waals surface area contributed by atoms with Gasteiger partial charge < -0.3 is 9.64 Å². The molecule has 26 heavy (non-hydrogen) atoms. The van der Waals surface area contributed by atoms with Crippen molar-refractivity contribution in [3.63, 3.8) is 0 Å². The molecule has 0 fully saturated rings. The minimum absolute atomic E-state index is 0.0177. The molecule has 0 bridgehead atoms. The van der Waals surface area contributed by atoms with Crippen molar-refractivity contribution in [1.82, 2.24) is 15.1 Å². The molecule has 6 heteroatoms. The van der Waals surface area contributed by atoms with Crippen LogP contribution in [0.2, 0.25) is 0 Å². The highest BCUT2D eigenvalue weighted by Gasteiger charge is 2.32. The smallest absolute Gasteiger partial charge is 0.337 e. The maximum Gasteiger partial charge on any atom is 0.337 e. The van der Waals surface area contributed by atoms with Gasteiger partial charge in [-0.2, -0.15) is 5.10 Å². The fraction of sp³-hybridized carbons (Fsp3) is 0.450. The summed E-state index contributed by atoms with van der Waals surface area (Å²) < 4.78 is 4.81. The molecule has 2 aromatic rings. The number of aromatic nitrogens is 2. The number of hydrogen-bond acceptors (Lipinski definition) is 4. The van der Waals surface area contributed by atoms with Crippen molar-refractivity contribution in [1.29, 1.82) is 0 Å². The van der Waals surface area contributed by atoms with E-state index in [2.05, 4.69) is 10.2 Å². The summed E-state index contributed by atoms with van der Waals surface area (Å²) in [6.45, 7) is 3.31. The lowest BCUT2D eigenvalue weighted by Gasteiger charge is -2.33. The van der Waals surface area contributed by atoms with Gasteiger partial charge in [-0.1, -0.05) is 6.07 Å². The number of nitrogens with zero attached hydrogens (tertiary/aromatic N) is 2. The number of nitrogens with one attached hydrogen (secondary N) is 1. The fourth-order valence-corrected chi connectivity index (χ4v) is 4.10. The normalized spacial score (nSPS) is 18.8. The lowest BCUT2D eigenvalue weighted by Crippen LogP contribution is -2.41. The van der Waals surface area contributed by atoms with Gasteiger partial charge in [0.1, 0.15) is 0 Å². The summed E-state index contributed by atoms with van der Waals surface area (Å²) in [5.74, 6) is -0.110. The standard InChI is InChI=1S/C20H23N3O3/c1-12-17-10-14(5-6-18(17)22-21-12)19(24)23-8-7-13-3-4-15(20(25)26-2)9-16(13)11-23/h3-4,9,14H,5-8,10-11H2,1-2H3,(H,21,22). The summed E-state index contributed by atoms with van der Waals surface area (Å²) in [7, 11) is 1.38. The summed E-state index contributed by atoms with van der Waals surface area (Å²) in [5.41, 5.74) is 6.18.